The monoisotopic (exact) mass is 202 g/mol. The van der Waals surface area contributed by atoms with E-state index in [1.54, 1.807) is 6.92 Å². The molecule has 0 unspecified atom stereocenters. The Hall–Kier alpha value is -1.26. The number of carbonyl (C=O) groups excluding carboxylic acids is 2. The minimum atomic E-state index is -0.476. The first-order chi connectivity index (χ1) is 6.70. The van der Waals surface area contributed by atoms with Crippen molar-refractivity contribution in [3.8, 4) is 0 Å². The summed E-state index contributed by atoms with van der Waals surface area (Å²) >= 11 is 0. The van der Waals surface area contributed by atoms with Gasteiger partial charge in [-0.15, -0.1) is 0 Å². The van der Waals surface area contributed by atoms with E-state index < -0.39 is 6.09 Å². The smallest absolute Gasteiger partial charge is 0.407 e. The summed E-state index contributed by atoms with van der Waals surface area (Å²) < 4.78 is 4.62. The molecule has 2 N–H and O–H groups in total. The van der Waals surface area contributed by atoms with Crippen molar-refractivity contribution in [1.82, 2.24) is 10.6 Å². The van der Waals surface area contributed by atoms with Crippen molar-refractivity contribution in [1.29, 1.82) is 0 Å². The van der Waals surface area contributed by atoms with Crippen LogP contribution in [0.2, 0.25) is 0 Å². The third-order valence-corrected chi connectivity index (χ3v) is 1.47. The number of carbonyl (C=O) groups is 2. The first-order valence-electron chi connectivity index (χ1n) is 4.88. The van der Waals surface area contributed by atoms with E-state index in [-0.39, 0.29) is 5.91 Å². The SMILES string of the molecule is CCCNC(=O)CCNC(=O)OCC. The number of alkyl carbamates (subject to hydrolysis) is 1. The zero-order valence-electron chi connectivity index (χ0n) is 8.76. The largest absolute Gasteiger partial charge is 0.450 e. The molecule has 0 aromatic heterocycles. The van der Waals surface area contributed by atoms with Crippen LogP contribution in [-0.2, 0) is 9.53 Å². The summed E-state index contributed by atoms with van der Waals surface area (Å²) in [5, 5.41) is 5.18. The fraction of sp³-hybridized carbons (Fsp3) is 0.778. The molecule has 0 spiro atoms. The van der Waals surface area contributed by atoms with Crippen LogP contribution in [0.1, 0.15) is 26.7 Å². The van der Waals surface area contributed by atoms with Gasteiger partial charge >= 0.3 is 6.09 Å². The van der Waals surface area contributed by atoms with Crippen molar-refractivity contribution >= 4 is 12.0 Å². The summed E-state index contributed by atoms with van der Waals surface area (Å²) in [4.78, 5) is 21.8. The van der Waals surface area contributed by atoms with Gasteiger partial charge in [0.2, 0.25) is 5.91 Å². The van der Waals surface area contributed by atoms with E-state index in [4.69, 9.17) is 0 Å². The Morgan fingerprint density at radius 1 is 1.14 bits per heavy atom. The first-order valence-corrected chi connectivity index (χ1v) is 4.88. The normalized spacial score (nSPS) is 9.29. The van der Waals surface area contributed by atoms with E-state index >= 15 is 0 Å². The summed E-state index contributed by atoms with van der Waals surface area (Å²) in [5.74, 6) is -0.0522. The van der Waals surface area contributed by atoms with E-state index in [9.17, 15) is 9.59 Å². The number of hydrogen-bond acceptors (Lipinski definition) is 3. The highest BCUT2D eigenvalue weighted by Gasteiger charge is 2.02. The zero-order valence-corrected chi connectivity index (χ0v) is 8.76. The van der Waals surface area contributed by atoms with Gasteiger partial charge in [-0.3, -0.25) is 4.79 Å². The maximum absolute atomic E-state index is 11.0. The van der Waals surface area contributed by atoms with E-state index in [0.717, 1.165) is 6.42 Å². The fourth-order valence-electron chi connectivity index (χ4n) is 0.813. The Morgan fingerprint density at radius 2 is 1.86 bits per heavy atom. The molecule has 0 saturated carbocycles. The quantitative estimate of drug-likeness (QED) is 0.664. The molecule has 0 bridgehead atoms. The van der Waals surface area contributed by atoms with E-state index in [1.165, 1.54) is 0 Å². The number of rotatable bonds is 6. The molecule has 0 rings (SSSR count). The lowest BCUT2D eigenvalue weighted by Gasteiger charge is -2.05. The highest BCUT2D eigenvalue weighted by Crippen LogP contribution is 1.81. The molecule has 0 aliphatic rings. The molecule has 14 heavy (non-hydrogen) atoms. The summed E-state index contributed by atoms with van der Waals surface area (Å²) in [6.07, 6.45) is 0.728. The lowest BCUT2D eigenvalue weighted by molar-refractivity contribution is -0.120. The van der Waals surface area contributed by atoms with Crippen LogP contribution in [-0.4, -0.2) is 31.7 Å². The van der Waals surface area contributed by atoms with Gasteiger partial charge in [-0.25, -0.2) is 4.79 Å². The average Bonchev–Trinajstić information content (AvgIpc) is 2.15. The Morgan fingerprint density at radius 3 is 2.43 bits per heavy atom. The molecule has 5 heteroatoms. The number of hydrogen-bond donors (Lipinski definition) is 2. The second-order valence-electron chi connectivity index (χ2n) is 2.75. The fourth-order valence-corrected chi connectivity index (χ4v) is 0.813. The summed E-state index contributed by atoms with van der Waals surface area (Å²) in [6, 6.07) is 0. The van der Waals surface area contributed by atoms with Crippen molar-refractivity contribution in [3.05, 3.63) is 0 Å². The maximum atomic E-state index is 11.0. The third-order valence-electron chi connectivity index (χ3n) is 1.47. The Bertz CT molecular complexity index is 183. The van der Waals surface area contributed by atoms with Crippen LogP contribution in [0.25, 0.3) is 0 Å². The van der Waals surface area contributed by atoms with Crippen LogP contribution in [0, 0.1) is 0 Å². The molecular formula is C9H18N2O3. The minimum Gasteiger partial charge on any atom is -0.450 e. The number of amides is 2. The highest BCUT2D eigenvalue weighted by atomic mass is 16.5. The molecule has 2 amide bonds. The van der Waals surface area contributed by atoms with Gasteiger partial charge in [0.15, 0.2) is 0 Å². The number of ether oxygens (including phenoxy) is 1. The standard InChI is InChI=1S/C9H18N2O3/c1-3-6-10-8(12)5-7-11-9(13)14-4-2/h3-7H2,1-2H3,(H,10,12)(H,11,13). The van der Waals surface area contributed by atoms with Gasteiger partial charge < -0.3 is 15.4 Å². The molecular weight excluding hydrogens is 184 g/mol. The molecule has 0 saturated heterocycles. The molecule has 0 aliphatic heterocycles. The summed E-state index contributed by atoms with van der Waals surface area (Å²) in [6.45, 7) is 5.05. The van der Waals surface area contributed by atoms with Gasteiger partial charge in [-0.2, -0.15) is 0 Å². The predicted molar refractivity (Wildman–Crippen MR) is 52.9 cm³/mol. The van der Waals surface area contributed by atoms with Gasteiger partial charge in [-0.05, 0) is 13.3 Å². The highest BCUT2D eigenvalue weighted by molar-refractivity contribution is 5.76. The van der Waals surface area contributed by atoms with Crippen molar-refractivity contribution in [3.63, 3.8) is 0 Å². The van der Waals surface area contributed by atoms with Gasteiger partial charge in [0, 0.05) is 19.5 Å². The van der Waals surface area contributed by atoms with E-state index in [1.807, 2.05) is 6.92 Å². The molecule has 0 aliphatic carbocycles. The summed E-state index contributed by atoms with van der Waals surface area (Å²) in [5.41, 5.74) is 0. The Balaban J connectivity index is 3.34. The molecule has 82 valence electrons. The van der Waals surface area contributed by atoms with Crippen LogP contribution < -0.4 is 10.6 Å². The zero-order chi connectivity index (χ0) is 10.8. The molecule has 5 nitrogen and oxygen atoms in total. The van der Waals surface area contributed by atoms with Gasteiger partial charge in [0.25, 0.3) is 0 Å². The van der Waals surface area contributed by atoms with Gasteiger partial charge in [-0.1, -0.05) is 6.92 Å². The van der Waals surface area contributed by atoms with Crippen molar-refractivity contribution in [2.75, 3.05) is 19.7 Å². The van der Waals surface area contributed by atoms with Gasteiger partial charge in [0.1, 0.15) is 0 Å². The minimum absolute atomic E-state index is 0.0522. The molecule has 0 aromatic carbocycles. The van der Waals surface area contributed by atoms with Crippen molar-refractivity contribution < 1.29 is 14.3 Å². The lowest BCUT2D eigenvalue weighted by atomic mass is 10.4. The van der Waals surface area contributed by atoms with Crippen LogP contribution >= 0.6 is 0 Å². The molecule has 0 aromatic rings. The van der Waals surface area contributed by atoms with Crippen LogP contribution in [0.3, 0.4) is 0 Å². The van der Waals surface area contributed by atoms with Crippen molar-refractivity contribution in [2.45, 2.75) is 26.7 Å². The number of nitrogens with one attached hydrogen (secondary N) is 2. The second kappa shape index (κ2) is 8.34. The lowest BCUT2D eigenvalue weighted by Crippen LogP contribution is -2.31. The molecule has 0 heterocycles. The molecule has 0 radical (unpaired) electrons. The Kier molecular flexibility index (Phi) is 7.59. The average molecular weight is 202 g/mol. The third kappa shape index (κ3) is 7.39. The van der Waals surface area contributed by atoms with E-state index in [0.29, 0.717) is 26.1 Å². The first kappa shape index (κ1) is 12.7. The maximum Gasteiger partial charge on any atom is 0.407 e. The Labute approximate surface area is 84.2 Å². The van der Waals surface area contributed by atoms with Crippen LogP contribution in [0.4, 0.5) is 4.79 Å². The van der Waals surface area contributed by atoms with Gasteiger partial charge in [0.05, 0.1) is 6.61 Å². The van der Waals surface area contributed by atoms with Crippen LogP contribution in [0.15, 0.2) is 0 Å². The topological polar surface area (TPSA) is 67.4 Å². The molecule has 0 fully saturated rings. The van der Waals surface area contributed by atoms with Crippen molar-refractivity contribution in [2.24, 2.45) is 0 Å². The summed E-state index contributed by atoms with van der Waals surface area (Å²) in [7, 11) is 0. The predicted octanol–water partition coefficient (Wildman–Crippen LogP) is 0.649. The van der Waals surface area contributed by atoms with Crippen LogP contribution in [0.5, 0.6) is 0 Å². The van der Waals surface area contributed by atoms with E-state index in [2.05, 4.69) is 15.4 Å². The second-order valence-corrected chi connectivity index (χ2v) is 2.75. The molecule has 0 atom stereocenters.